The Morgan fingerprint density at radius 1 is 1.21 bits per heavy atom. The zero-order chi connectivity index (χ0) is 13.6. The fourth-order valence-electron chi connectivity index (χ4n) is 2.71. The van der Waals surface area contributed by atoms with Gasteiger partial charge < -0.3 is 4.90 Å². The lowest BCUT2D eigenvalue weighted by atomic mass is 10.1. The third-order valence-electron chi connectivity index (χ3n) is 3.64. The molecule has 0 bridgehead atoms. The molecule has 0 saturated carbocycles. The van der Waals surface area contributed by atoms with E-state index in [4.69, 9.17) is 23.2 Å². The zero-order valence-electron chi connectivity index (χ0n) is 10.1. The predicted octanol–water partition coefficient (Wildman–Crippen LogP) is 2.33. The molecule has 0 N–H and O–H groups in total. The third kappa shape index (κ3) is 1.99. The molecule has 0 aliphatic carbocycles. The maximum atomic E-state index is 12.4. The van der Waals surface area contributed by atoms with E-state index < -0.39 is 0 Å². The molecule has 100 valence electrons. The highest BCUT2D eigenvalue weighted by atomic mass is 35.5. The van der Waals surface area contributed by atoms with Gasteiger partial charge in [0.15, 0.2) is 0 Å². The number of hydrogen-bond acceptors (Lipinski definition) is 2. The van der Waals surface area contributed by atoms with Gasteiger partial charge in [0.1, 0.15) is 12.6 Å². The van der Waals surface area contributed by atoms with Gasteiger partial charge in [-0.1, -0.05) is 29.3 Å². The Bertz CT molecular complexity index is 562. The fraction of sp³-hybridized carbons (Fsp3) is 0.385. The van der Waals surface area contributed by atoms with Crippen LogP contribution in [-0.2, 0) is 9.59 Å². The molecule has 4 nitrogen and oxygen atoms in total. The normalized spacial score (nSPS) is 22.9. The highest BCUT2D eigenvalue weighted by molar-refractivity contribution is 6.44. The molecule has 1 atom stereocenters. The van der Waals surface area contributed by atoms with Gasteiger partial charge in [0, 0.05) is 6.54 Å². The molecular formula is C13H12Cl2N2O2. The molecule has 2 saturated heterocycles. The molecule has 2 amide bonds. The standard InChI is InChI=1S/C13H12Cl2N2O2/c14-8-3-1-4-9(12(8)15)17-7-11(18)16-6-2-5-10(16)13(17)19/h1,3-4,10H,2,5-7H2. The van der Waals surface area contributed by atoms with E-state index in [1.807, 2.05) is 0 Å². The highest BCUT2D eigenvalue weighted by Gasteiger charge is 2.42. The van der Waals surface area contributed by atoms with E-state index in [9.17, 15) is 9.59 Å². The summed E-state index contributed by atoms with van der Waals surface area (Å²) in [4.78, 5) is 27.6. The van der Waals surface area contributed by atoms with Gasteiger partial charge in [-0.2, -0.15) is 0 Å². The Morgan fingerprint density at radius 3 is 2.79 bits per heavy atom. The number of carbonyl (C=O) groups is 2. The van der Waals surface area contributed by atoms with Gasteiger partial charge in [-0.25, -0.2) is 0 Å². The van der Waals surface area contributed by atoms with Gasteiger partial charge in [-0.05, 0) is 25.0 Å². The lowest BCUT2D eigenvalue weighted by Crippen LogP contribution is -2.57. The van der Waals surface area contributed by atoms with Gasteiger partial charge in [-0.3, -0.25) is 14.5 Å². The van der Waals surface area contributed by atoms with E-state index in [1.54, 1.807) is 23.1 Å². The molecule has 1 aromatic rings. The van der Waals surface area contributed by atoms with E-state index >= 15 is 0 Å². The van der Waals surface area contributed by atoms with Crippen LogP contribution in [0.5, 0.6) is 0 Å². The summed E-state index contributed by atoms with van der Waals surface area (Å²) in [6.45, 7) is 0.710. The lowest BCUT2D eigenvalue weighted by Gasteiger charge is -2.36. The van der Waals surface area contributed by atoms with Crippen LogP contribution in [0.1, 0.15) is 12.8 Å². The molecule has 2 heterocycles. The van der Waals surface area contributed by atoms with Crippen molar-refractivity contribution in [2.45, 2.75) is 18.9 Å². The Balaban J connectivity index is 1.99. The van der Waals surface area contributed by atoms with Crippen LogP contribution in [0.25, 0.3) is 0 Å². The summed E-state index contributed by atoms with van der Waals surface area (Å²) in [6, 6.07) is 4.76. The maximum Gasteiger partial charge on any atom is 0.250 e. The average Bonchev–Trinajstić information content (AvgIpc) is 2.87. The van der Waals surface area contributed by atoms with Crippen LogP contribution in [-0.4, -0.2) is 35.8 Å². The van der Waals surface area contributed by atoms with Gasteiger partial charge >= 0.3 is 0 Å². The number of nitrogens with zero attached hydrogens (tertiary/aromatic N) is 2. The molecule has 0 radical (unpaired) electrons. The summed E-state index contributed by atoms with van der Waals surface area (Å²) in [6.07, 6.45) is 1.60. The van der Waals surface area contributed by atoms with Gasteiger partial charge in [0.25, 0.3) is 0 Å². The molecule has 0 spiro atoms. The Labute approximate surface area is 120 Å². The number of fused-ring (bicyclic) bond motifs is 1. The predicted molar refractivity (Wildman–Crippen MR) is 73.6 cm³/mol. The van der Waals surface area contributed by atoms with Crippen molar-refractivity contribution in [3.05, 3.63) is 28.2 Å². The van der Waals surface area contributed by atoms with E-state index in [0.29, 0.717) is 22.3 Å². The lowest BCUT2D eigenvalue weighted by molar-refractivity contribution is -0.140. The molecule has 2 aliphatic heterocycles. The first-order valence-electron chi connectivity index (χ1n) is 6.14. The van der Waals surface area contributed by atoms with Crippen LogP contribution >= 0.6 is 23.2 Å². The number of carbonyl (C=O) groups excluding carboxylic acids is 2. The van der Waals surface area contributed by atoms with Gasteiger partial charge in [0.05, 0.1) is 15.7 Å². The smallest absolute Gasteiger partial charge is 0.250 e. The quantitative estimate of drug-likeness (QED) is 0.798. The Kier molecular flexibility index (Phi) is 3.15. The average molecular weight is 299 g/mol. The number of halogens is 2. The second-order valence-electron chi connectivity index (χ2n) is 4.74. The number of piperazine rings is 1. The van der Waals surface area contributed by atoms with Gasteiger partial charge in [-0.15, -0.1) is 0 Å². The molecule has 6 heteroatoms. The minimum Gasteiger partial charge on any atom is -0.329 e. The summed E-state index contributed by atoms with van der Waals surface area (Å²) in [5.74, 6) is -0.0978. The van der Waals surface area contributed by atoms with Crippen molar-refractivity contribution in [3.8, 4) is 0 Å². The SMILES string of the molecule is O=C1C2CCCN2C(=O)CN1c1cccc(Cl)c1Cl. The van der Waals surface area contributed by atoms with E-state index in [-0.39, 0.29) is 24.4 Å². The number of amides is 2. The maximum absolute atomic E-state index is 12.4. The van der Waals surface area contributed by atoms with Crippen molar-refractivity contribution in [1.82, 2.24) is 4.90 Å². The summed E-state index contributed by atoms with van der Waals surface area (Å²) < 4.78 is 0. The number of hydrogen-bond donors (Lipinski definition) is 0. The van der Waals surface area contributed by atoms with Crippen LogP contribution < -0.4 is 4.90 Å². The first-order chi connectivity index (χ1) is 9.09. The zero-order valence-corrected chi connectivity index (χ0v) is 11.6. The minimum atomic E-state index is -0.337. The summed E-state index contributed by atoms with van der Waals surface area (Å²) in [7, 11) is 0. The minimum absolute atomic E-state index is 0.0295. The summed E-state index contributed by atoms with van der Waals surface area (Å²) >= 11 is 12.1. The van der Waals surface area contributed by atoms with E-state index in [0.717, 1.165) is 12.8 Å². The Hall–Kier alpha value is -1.26. The number of anilines is 1. The van der Waals surface area contributed by atoms with Crippen LogP contribution in [0, 0.1) is 0 Å². The van der Waals surface area contributed by atoms with Crippen molar-refractivity contribution < 1.29 is 9.59 Å². The van der Waals surface area contributed by atoms with Crippen molar-refractivity contribution in [3.63, 3.8) is 0 Å². The highest BCUT2D eigenvalue weighted by Crippen LogP contribution is 2.35. The van der Waals surface area contributed by atoms with Crippen LogP contribution in [0.15, 0.2) is 18.2 Å². The number of benzene rings is 1. The van der Waals surface area contributed by atoms with Gasteiger partial charge in [0.2, 0.25) is 11.8 Å². The first kappa shape index (κ1) is 12.8. The van der Waals surface area contributed by atoms with E-state index in [2.05, 4.69) is 0 Å². The van der Waals surface area contributed by atoms with E-state index in [1.165, 1.54) is 4.90 Å². The largest absolute Gasteiger partial charge is 0.329 e. The number of rotatable bonds is 1. The second-order valence-corrected chi connectivity index (χ2v) is 5.53. The molecule has 0 aromatic heterocycles. The van der Waals surface area contributed by atoms with Crippen molar-refractivity contribution in [2.75, 3.05) is 18.0 Å². The molecule has 2 fully saturated rings. The fourth-order valence-corrected chi connectivity index (χ4v) is 3.11. The third-order valence-corrected chi connectivity index (χ3v) is 4.45. The molecule has 19 heavy (non-hydrogen) atoms. The monoisotopic (exact) mass is 298 g/mol. The second kappa shape index (κ2) is 4.69. The van der Waals surface area contributed by atoms with Crippen LogP contribution in [0.3, 0.4) is 0 Å². The van der Waals surface area contributed by atoms with Crippen molar-refractivity contribution >= 4 is 40.7 Å². The first-order valence-corrected chi connectivity index (χ1v) is 6.90. The molecule has 1 aromatic carbocycles. The topological polar surface area (TPSA) is 40.6 Å². The summed E-state index contributed by atoms with van der Waals surface area (Å²) in [5.41, 5.74) is 0.513. The van der Waals surface area contributed by atoms with Crippen molar-refractivity contribution in [1.29, 1.82) is 0 Å². The van der Waals surface area contributed by atoms with Crippen LogP contribution in [0.2, 0.25) is 10.0 Å². The molecule has 3 rings (SSSR count). The van der Waals surface area contributed by atoms with Crippen LogP contribution in [0.4, 0.5) is 5.69 Å². The van der Waals surface area contributed by atoms with Crippen molar-refractivity contribution in [2.24, 2.45) is 0 Å². The molecule has 1 unspecified atom stereocenters. The molecular weight excluding hydrogens is 287 g/mol. The molecule has 2 aliphatic rings. The summed E-state index contributed by atoms with van der Waals surface area (Å²) in [5, 5.41) is 0.699. The Morgan fingerprint density at radius 2 is 2.00 bits per heavy atom.